The second-order valence-electron chi connectivity index (χ2n) is 8.25. The third-order valence-corrected chi connectivity index (χ3v) is 7.26. The molecule has 2 fully saturated rings. The Kier molecular flexibility index (Phi) is 7.14. The lowest BCUT2D eigenvalue weighted by molar-refractivity contribution is -0.305. The van der Waals surface area contributed by atoms with Crippen LogP contribution in [0.4, 0.5) is 5.82 Å². The zero-order valence-electron chi connectivity index (χ0n) is 18.4. The van der Waals surface area contributed by atoms with Crippen molar-refractivity contribution < 1.29 is 14.7 Å². The summed E-state index contributed by atoms with van der Waals surface area (Å²) in [6.45, 7) is 3.99. The van der Waals surface area contributed by atoms with E-state index in [4.69, 9.17) is 17.2 Å². The van der Waals surface area contributed by atoms with Gasteiger partial charge >= 0.3 is 0 Å². The van der Waals surface area contributed by atoms with Crippen LogP contribution in [0, 0.1) is 6.92 Å². The summed E-state index contributed by atoms with van der Waals surface area (Å²) in [6.07, 6.45) is 7.22. The van der Waals surface area contributed by atoms with Crippen molar-refractivity contribution in [3.05, 3.63) is 44.7 Å². The summed E-state index contributed by atoms with van der Waals surface area (Å²) in [5.74, 6) is -0.687. The van der Waals surface area contributed by atoms with Crippen molar-refractivity contribution in [1.29, 1.82) is 0 Å². The van der Waals surface area contributed by atoms with Crippen LogP contribution in [0.3, 0.4) is 0 Å². The first kappa shape index (κ1) is 23.4. The number of aromatic nitrogens is 2. The van der Waals surface area contributed by atoms with Crippen LogP contribution in [0.5, 0.6) is 0 Å². The topological polar surface area (TPSA) is 98.0 Å². The van der Waals surface area contributed by atoms with Gasteiger partial charge in [0.05, 0.1) is 10.5 Å². The first-order chi connectivity index (χ1) is 15.9. The zero-order valence-corrected chi connectivity index (χ0v) is 20.0. The summed E-state index contributed by atoms with van der Waals surface area (Å²) in [5, 5.41) is 10.5. The average molecular weight is 486 g/mol. The van der Waals surface area contributed by atoms with Gasteiger partial charge in [-0.1, -0.05) is 36.5 Å². The van der Waals surface area contributed by atoms with E-state index in [9.17, 15) is 19.5 Å². The molecule has 2 aliphatic rings. The molecule has 2 saturated heterocycles. The lowest BCUT2D eigenvalue weighted by Gasteiger charge is -2.20. The van der Waals surface area contributed by atoms with Crippen LogP contribution in [0.15, 0.2) is 28.0 Å². The molecule has 10 heteroatoms. The van der Waals surface area contributed by atoms with Crippen molar-refractivity contribution in [3.8, 4) is 0 Å². The van der Waals surface area contributed by atoms with Gasteiger partial charge in [-0.05, 0) is 56.7 Å². The summed E-state index contributed by atoms with van der Waals surface area (Å²) in [6, 6.07) is 3.73. The van der Waals surface area contributed by atoms with Crippen molar-refractivity contribution in [3.63, 3.8) is 0 Å². The Morgan fingerprint density at radius 2 is 2.00 bits per heavy atom. The third-order valence-electron chi connectivity index (χ3n) is 5.88. The van der Waals surface area contributed by atoms with Gasteiger partial charge in [-0.25, -0.2) is 4.98 Å². The molecule has 0 unspecified atom stereocenters. The number of carbonyl (C=O) groups is 2. The molecule has 0 aliphatic carbocycles. The molecule has 1 amide bonds. The molecule has 33 heavy (non-hydrogen) atoms. The number of nitrogens with zero attached hydrogens (tertiary/aromatic N) is 4. The molecule has 0 spiro atoms. The Morgan fingerprint density at radius 3 is 2.73 bits per heavy atom. The fourth-order valence-electron chi connectivity index (χ4n) is 4.14. The highest BCUT2D eigenvalue weighted by molar-refractivity contribution is 8.26. The predicted octanol–water partition coefficient (Wildman–Crippen LogP) is 2.11. The first-order valence-electron chi connectivity index (χ1n) is 11.1. The molecule has 2 aromatic heterocycles. The molecule has 174 valence electrons. The van der Waals surface area contributed by atoms with Crippen molar-refractivity contribution in [2.45, 2.75) is 45.4 Å². The van der Waals surface area contributed by atoms with Crippen LogP contribution in [-0.4, -0.2) is 50.1 Å². The molecule has 0 atom stereocenters. The maximum Gasteiger partial charge on any atom is 0.267 e. The Bertz CT molecular complexity index is 1200. The van der Waals surface area contributed by atoms with Gasteiger partial charge < -0.3 is 14.8 Å². The fourth-order valence-corrected chi connectivity index (χ4v) is 5.43. The van der Waals surface area contributed by atoms with Gasteiger partial charge in [-0.15, -0.1) is 0 Å². The minimum absolute atomic E-state index is 0.00987. The number of aliphatic carboxylic acids is 1. The summed E-state index contributed by atoms with van der Waals surface area (Å²) < 4.78 is 1.97. The van der Waals surface area contributed by atoms with Gasteiger partial charge in [0.1, 0.15) is 15.8 Å². The normalized spacial score (nSPS) is 17.7. The van der Waals surface area contributed by atoms with E-state index < -0.39 is 5.97 Å². The number of unbranched alkanes of at least 4 members (excludes halogenated alkanes) is 2. The van der Waals surface area contributed by atoms with E-state index in [-0.39, 0.29) is 17.9 Å². The number of pyridine rings is 1. The molecule has 0 radical (unpaired) electrons. The van der Waals surface area contributed by atoms with Gasteiger partial charge in [0.15, 0.2) is 0 Å². The lowest BCUT2D eigenvalue weighted by atomic mass is 10.2. The number of hydrogen-bond donors (Lipinski definition) is 0. The molecule has 2 aliphatic heterocycles. The quantitative estimate of drug-likeness (QED) is 0.319. The molecule has 0 saturated carbocycles. The minimum atomic E-state index is -1.07. The number of hydrogen-bond acceptors (Lipinski definition) is 8. The highest BCUT2D eigenvalue weighted by atomic mass is 32.2. The number of anilines is 1. The Hall–Kier alpha value is -2.72. The second-order valence-corrected chi connectivity index (χ2v) is 9.92. The molecule has 2 aromatic rings. The smallest absolute Gasteiger partial charge is 0.267 e. The second kappa shape index (κ2) is 10.0. The molecule has 0 bridgehead atoms. The summed E-state index contributed by atoms with van der Waals surface area (Å²) in [5.41, 5.74) is 1.71. The van der Waals surface area contributed by atoms with E-state index in [1.165, 1.54) is 21.1 Å². The SMILES string of the molecule is Cc1cccn2c(=O)c(/C=C3/SC(=S)N(CCCCCC(=O)[O-])C3=O)c(N3CCCC3)nc12. The van der Waals surface area contributed by atoms with E-state index in [0.29, 0.717) is 52.1 Å². The number of aryl methyl sites for hydroxylation is 1. The van der Waals surface area contributed by atoms with Gasteiger partial charge in [0.25, 0.3) is 11.5 Å². The summed E-state index contributed by atoms with van der Waals surface area (Å²) in [7, 11) is 0. The molecule has 0 aromatic carbocycles. The van der Waals surface area contributed by atoms with Crippen molar-refractivity contribution in [1.82, 2.24) is 14.3 Å². The zero-order chi connectivity index (χ0) is 23.5. The van der Waals surface area contributed by atoms with E-state index >= 15 is 0 Å². The lowest BCUT2D eigenvalue weighted by Crippen LogP contribution is -2.29. The number of rotatable bonds is 8. The summed E-state index contributed by atoms with van der Waals surface area (Å²) in [4.78, 5) is 45.9. The molecule has 8 nitrogen and oxygen atoms in total. The van der Waals surface area contributed by atoms with Gasteiger partial charge in [-0.2, -0.15) is 0 Å². The average Bonchev–Trinajstić information content (AvgIpc) is 3.40. The largest absolute Gasteiger partial charge is 0.550 e. The van der Waals surface area contributed by atoms with Gasteiger partial charge in [0.2, 0.25) is 0 Å². The van der Waals surface area contributed by atoms with E-state index in [1.807, 2.05) is 19.1 Å². The molecule has 4 rings (SSSR count). The van der Waals surface area contributed by atoms with Crippen molar-refractivity contribution >= 4 is 57.7 Å². The molecule has 4 heterocycles. The minimum Gasteiger partial charge on any atom is -0.550 e. The molecule has 0 N–H and O–H groups in total. The highest BCUT2D eigenvalue weighted by Crippen LogP contribution is 2.34. The van der Waals surface area contributed by atoms with Crippen LogP contribution >= 0.6 is 24.0 Å². The van der Waals surface area contributed by atoms with Crippen LogP contribution < -0.4 is 15.6 Å². The number of thiocarbonyl (C=S) groups is 1. The van der Waals surface area contributed by atoms with Gasteiger partial charge in [-0.3, -0.25) is 18.9 Å². The number of carboxylic acids is 1. The number of carboxylic acid groups (broad SMARTS) is 1. The van der Waals surface area contributed by atoms with E-state index in [1.54, 1.807) is 12.3 Å². The van der Waals surface area contributed by atoms with Crippen molar-refractivity contribution in [2.75, 3.05) is 24.5 Å². The number of fused-ring (bicyclic) bond motifs is 1. The van der Waals surface area contributed by atoms with Crippen LogP contribution in [0.25, 0.3) is 11.7 Å². The van der Waals surface area contributed by atoms with E-state index in [0.717, 1.165) is 31.5 Å². The standard InChI is InChI=1S/C23H26N4O4S2/c1-15-8-7-13-26-19(15)24-20(25-10-5-6-11-25)16(21(26)30)14-17-22(31)27(23(32)33-17)12-4-2-3-9-18(28)29/h7-8,13-14H,2-6,9-12H2,1H3,(H,28,29)/p-1/b17-14+. The van der Waals surface area contributed by atoms with Crippen LogP contribution in [-0.2, 0) is 9.59 Å². The monoisotopic (exact) mass is 485 g/mol. The Balaban J connectivity index is 1.64. The number of carbonyl (C=O) groups excluding carboxylic acids is 2. The third kappa shape index (κ3) is 4.96. The van der Waals surface area contributed by atoms with Crippen molar-refractivity contribution in [2.24, 2.45) is 0 Å². The molecular formula is C23H25N4O4S2-. The maximum atomic E-state index is 13.4. The van der Waals surface area contributed by atoms with Crippen LogP contribution in [0.1, 0.15) is 49.7 Å². The number of amides is 1. The fraction of sp³-hybridized carbons (Fsp3) is 0.435. The highest BCUT2D eigenvalue weighted by Gasteiger charge is 2.32. The maximum absolute atomic E-state index is 13.4. The number of thioether (sulfide) groups is 1. The predicted molar refractivity (Wildman–Crippen MR) is 131 cm³/mol. The first-order valence-corrected chi connectivity index (χ1v) is 12.3. The Labute approximate surface area is 201 Å². The molecular weight excluding hydrogens is 460 g/mol. The van der Waals surface area contributed by atoms with Crippen LogP contribution in [0.2, 0.25) is 0 Å². The Morgan fingerprint density at radius 1 is 1.24 bits per heavy atom. The van der Waals surface area contributed by atoms with E-state index in [2.05, 4.69) is 4.90 Å². The van der Waals surface area contributed by atoms with Gasteiger partial charge in [0, 0.05) is 31.8 Å². The summed E-state index contributed by atoms with van der Waals surface area (Å²) >= 11 is 6.60.